The molecule has 6 heteroatoms. The number of ether oxygens (including phenoxy) is 2. The van der Waals surface area contributed by atoms with Crippen LogP contribution in [0.5, 0.6) is 5.75 Å². The molecule has 146 valence electrons. The molecule has 2 bridgehead atoms. The van der Waals surface area contributed by atoms with Gasteiger partial charge in [0.15, 0.2) is 6.61 Å². The fourth-order valence-electron chi connectivity index (χ4n) is 4.76. The smallest absolute Gasteiger partial charge is 0.260 e. The van der Waals surface area contributed by atoms with Gasteiger partial charge >= 0.3 is 0 Å². The first kappa shape index (κ1) is 18.3. The van der Waals surface area contributed by atoms with Gasteiger partial charge in [0.1, 0.15) is 5.75 Å². The predicted molar refractivity (Wildman–Crippen MR) is 102 cm³/mol. The number of nitrogens with one attached hydrogen (secondary N) is 1. The number of hydrogen-bond acceptors (Lipinski definition) is 4. The lowest BCUT2D eigenvalue weighted by Crippen LogP contribution is -2.42. The number of benzene rings is 1. The zero-order valence-corrected chi connectivity index (χ0v) is 15.7. The second kappa shape index (κ2) is 8.30. The summed E-state index contributed by atoms with van der Waals surface area (Å²) in [6.45, 7) is 2.44. The number of morpholine rings is 1. The third kappa shape index (κ3) is 4.61. The highest BCUT2D eigenvalue weighted by atomic mass is 16.5. The first-order valence-electron chi connectivity index (χ1n) is 10.1. The average molecular weight is 372 g/mol. The first-order valence-corrected chi connectivity index (χ1v) is 10.1. The molecule has 1 N–H and O–H groups in total. The highest BCUT2D eigenvalue weighted by Gasteiger charge is 2.40. The van der Waals surface area contributed by atoms with Crippen LogP contribution >= 0.6 is 0 Å². The van der Waals surface area contributed by atoms with Gasteiger partial charge in [-0.3, -0.25) is 9.59 Å². The van der Waals surface area contributed by atoms with Gasteiger partial charge in [0, 0.05) is 25.2 Å². The maximum absolute atomic E-state index is 12.3. The average Bonchev–Trinajstić information content (AvgIpc) is 3.31. The number of rotatable bonds is 6. The molecule has 1 aromatic carbocycles. The Morgan fingerprint density at radius 1 is 1.11 bits per heavy atom. The van der Waals surface area contributed by atoms with Crippen molar-refractivity contribution >= 4 is 17.5 Å². The molecule has 0 spiro atoms. The third-order valence-electron chi connectivity index (χ3n) is 6.20. The summed E-state index contributed by atoms with van der Waals surface area (Å²) in [6.07, 6.45) is 5.85. The highest BCUT2D eigenvalue weighted by Crippen LogP contribution is 2.49. The summed E-state index contributed by atoms with van der Waals surface area (Å²) in [7, 11) is 0. The second-order valence-electron chi connectivity index (χ2n) is 7.99. The summed E-state index contributed by atoms with van der Waals surface area (Å²) in [5, 5.41) is 2.99. The molecule has 0 unspecified atom stereocenters. The Kier molecular flexibility index (Phi) is 5.62. The van der Waals surface area contributed by atoms with E-state index >= 15 is 0 Å². The standard InChI is InChI=1S/C21H28N2O4/c24-20(13-17-12-15-1-2-16(17)11-15)22-18-3-5-19(6-4-18)27-14-21(25)23-7-9-26-10-8-23/h3-6,15-17H,1-2,7-14H2,(H,22,24)/t15-,16-,17+/m0/s1. The number of nitrogens with zero attached hydrogens (tertiary/aromatic N) is 1. The molecular weight excluding hydrogens is 344 g/mol. The number of carbonyl (C=O) groups is 2. The van der Waals surface area contributed by atoms with Crippen molar-refractivity contribution in [2.75, 3.05) is 38.2 Å². The Labute approximate surface area is 160 Å². The van der Waals surface area contributed by atoms with E-state index in [9.17, 15) is 9.59 Å². The third-order valence-corrected chi connectivity index (χ3v) is 6.20. The van der Waals surface area contributed by atoms with E-state index in [1.54, 1.807) is 17.0 Å². The summed E-state index contributed by atoms with van der Waals surface area (Å²) < 4.78 is 10.8. The molecule has 27 heavy (non-hydrogen) atoms. The summed E-state index contributed by atoms with van der Waals surface area (Å²) >= 11 is 0. The monoisotopic (exact) mass is 372 g/mol. The fourth-order valence-corrected chi connectivity index (χ4v) is 4.76. The van der Waals surface area contributed by atoms with Crippen LogP contribution < -0.4 is 10.1 Å². The molecule has 4 rings (SSSR count). The number of carbonyl (C=O) groups excluding carboxylic acids is 2. The fraction of sp³-hybridized carbons (Fsp3) is 0.619. The molecule has 0 radical (unpaired) electrons. The van der Waals surface area contributed by atoms with Crippen molar-refractivity contribution in [1.29, 1.82) is 0 Å². The number of anilines is 1. The second-order valence-corrected chi connectivity index (χ2v) is 7.99. The Balaban J connectivity index is 1.21. The van der Waals surface area contributed by atoms with E-state index < -0.39 is 0 Å². The van der Waals surface area contributed by atoms with Crippen LogP contribution in [0.4, 0.5) is 5.69 Å². The molecule has 3 fully saturated rings. The van der Waals surface area contributed by atoms with Crippen LogP contribution in [0.25, 0.3) is 0 Å². The maximum atomic E-state index is 12.3. The van der Waals surface area contributed by atoms with E-state index in [2.05, 4.69) is 5.32 Å². The van der Waals surface area contributed by atoms with E-state index in [0.717, 1.165) is 17.5 Å². The van der Waals surface area contributed by atoms with Gasteiger partial charge in [-0.15, -0.1) is 0 Å². The van der Waals surface area contributed by atoms with Crippen LogP contribution in [0, 0.1) is 17.8 Å². The molecule has 1 aliphatic heterocycles. The van der Waals surface area contributed by atoms with Crippen LogP contribution in [-0.2, 0) is 14.3 Å². The van der Waals surface area contributed by atoms with Gasteiger partial charge < -0.3 is 19.7 Å². The summed E-state index contributed by atoms with van der Waals surface area (Å²) in [4.78, 5) is 26.2. The lowest BCUT2D eigenvalue weighted by Gasteiger charge is -2.26. The number of amides is 2. The number of hydrogen-bond donors (Lipinski definition) is 1. The zero-order chi connectivity index (χ0) is 18.6. The minimum absolute atomic E-state index is 0.0238. The minimum atomic E-state index is -0.0264. The maximum Gasteiger partial charge on any atom is 0.260 e. The van der Waals surface area contributed by atoms with E-state index in [4.69, 9.17) is 9.47 Å². The molecule has 2 aliphatic carbocycles. The van der Waals surface area contributed by atoms with Gasteiger partial charge in [0.25, 0.3) is 5.91 Å². The Hall–Kier alpha value is -2.08. The molecule has 2 amide bonds. The van der Waals surface area contributed by atoms with Crippen molar-refractivity contribution in [1.82, 2.24) is 4.90 Å². The van der Waals surface area contributed by atoms with Crippen LogP contribution in [0.3, 0.4) is 0 Å². The van der Waals surface area contributed by atoms with Gasteiger partial charge in [-0.1, -0.05) is 6.42 Å². The van der Waals surface area contributed by atoms with Crippen molar-refractivity contribution < 1.29 is 19.1 Å². The van der Waals surface area contributed by atoms with Crippen LogP contribution in [-0.4, -0.2) is 49.6 Å². The predicted octanol–water partition coefficient (Wildman–Crippen LogP) is 2.69. The van der Waals surface area contributed by atoms with Crippen molar-refractivity contribution in [3.63, 3.8) is 0 Å². The van der Waals surface area contributed by atoms with Crippen molar-refractivity contribution in [3.8, 4) is 5.75 Å². The van der Waals surface area contributed by atoms with E-state index in [0.29, 0.717) is 44.4 Å². The van der Waals surface area contributed by atoms with Gasteiger partial charge in [0.2, 0.25) is 5.91 Å². The van der Waals surface area contributed by atoms with E-state index in [-0.39, 0.29) is 18.4 Å². The summed E-state index contributed by atoms with van der Waals surface area (Å²) in [5.41, 5.74) is 0.773. The molecule has 3 atom stereocenters. The topological polar surface area (TPSA) is 67.9 Å². The molecule has 0 aromatic heterocycles. The van der Waals surface area contributed by atoms with Gasteiger partial charge in [-0.05, 0) is 61.3 Å². The molecule has 1 saturated heterocycles. The van der Waals surface area contributed by atoms with E-state index in [1.807, 2.05) is 12.1 Å². The SMILES string of the molecule is O=C(C[C@H]1C[C@H]2CC[C@H]1C2)Nc1ccc(OCC(=O)N2CCOCC2)cc1. The van der Waals surface area contributed by atoms with Crippen LogP contribution in [0.1, 0.15) is 32.1 Å². The Morgan fingerprint density at radius 2 is 1.89 bits per heavy atom. The Morgan fingerprint density at radius 3 is 2.56 bits per heavy atom. The molecule has 2 saturated carbocycles. The molecule has 6 nitrogen and oxygen atoms in total. The lowest BCUT2D eigenvalue weighted by molar-refractivity contribution is -0.137. The molecule has 1 heterocycles. The largest absolute Gasteiger partial charge is 0.484 e. The van der Waals surface area contributed by atoms with Crippen molar-refractivity contribution in [3.05, 3.63) is 24.3 Å². The quantitative estimate of drug-likeness (QED) is 0.834. The summed E-state index contributed by atoms with van der Waals surface area (Å²) in [6, 6.07) is 7.24. The highest BCUT2D eigenvalue weighted by molar-refractivity contribution is 5.91. The zero-order valence-electron chi connectivity index (χ0n) is 15.7. The summed E-state index contributed by atoms with van der Waals surface area (Å²) in [5.74, 6) is 2.90. The van der Waals surface area contributed by atoms with Gasteiger partial charge in [0.05, 0.1) is 13.2 Å². The normalized spacial score (nSPS) is 26.8. The first-order chi connectivity index (χ1) is 13.2. The van der Waals surface area contributed by atoms with Crippen LogP contribution in [0.15, 0.2) is 24.3 Å². The Bertz CT molecular complexity index is 669. The molecule has 1 aromatic rings. The van der Waals surface area contributed by atoms with Crippen molar-refractivity contribution in [2.24, 2.45) is 17.8 Å². The number of fused-ring (bicyclic) bond motifs is 2. The molecular formula is C21H28N2O4. The van der Waals surface area contributed by atoms with Crippen LogP contribution in [0.2, 0.25) is 0 Å². The van der Waals surface area contributed by atoms with E-state index in [1.165, 1.54) is 25.7 Å². The molecule has 3 aliphatic rings. The minimum Gasteiger partial charge on any atom is -0.484 e. The van der Waals surface area contributed by atoms with Gasteiger partial charge in [-0.2, -0.15) is 0 Å². The van der Waals surface area contributed by atoms with Gasteiger partial charge in [-0.25, -0.2) is 0 Å². The van der Waals surface area contributed by atoms with Crippen molar-refractivity contribution in [2.45, 2.75) is 32.1 Å². The lowest BCUT2D eigenvalue weighted by atomic mass is 9.86.